The summed E-state index contributed by atoms with van der Waals surface area (Å²) in [5.41, 5.74) is 7.42. The highest BCUT2D eigenvalue weighted by Crippen LogP contribution is 2.09. The van der Waals surface area contributed by atoms with E-state index in [9.17, 15) is 0 Å². The van der Waals surface area contributed by atoms with Crippen LogP contribution in [0, 0.1) is 34.0 Å². The molecule has 2 aromatic rings. The van der Waals surface area contributed by atoms with Crippen molar-refractivity contribution in [3.63, 3.8) is 0 Å². The molecule has 2 aliphatic carbocycles. The van der Waals surface area contributed by atoms with Crippen LogP contribution in [0.5, 0.6) is 0 Å². The molecule has 0 heteroatoms. The van der Waals surface area contributed by atoms with Crippen LogP contribution in [0.25, 0.3) is 17.9 Å². The van der Waals surface area contributed by atoms with E-state index in [1.165, 1.54) is 0 Å². The van der Waals surface area contributed by atoms with Crippen molar-refractivity contribution in [1.29, 1.82) is 0 Å². The summed E-state index contributed by atoms with van der Waals surface area (Å²) in [6, 6.07) is 3.38. The predicted molar refractivity (Wildman–Crippen MR) is 107 cm³/mol. The summed E-state index contributed by atoms with van der Waals surface area (Å²) in [7, 11) is 0. The molecule has 0 fully saturated rings. The molecule has 2 aromatic carbocycles. The van der Waals surface area contributed by atoms with Crippen LogP contribution in [0.1, 0.15) is 41.6 Å². The van der Waals surface area contributed by atoms with Gasteiger partial charge in [-0.2, -0.15) is 0 Å². The number of aryl methyl sites for hydroxylation is 4. The van der Waals surface area contributed by atoms with Crippen molar-refractivity contribution in [3.05, 3.63) is 97.1 Å². The van der Waals surface area contributed by atoms with E-state index < -0.39 is 13.7 Å². The topological polar surface area (TPSA) is 0 Å². The Kier molecular flexibility index (Phi) is 2.48. The maximum absolute atomic E-state index is 8.12. The number of hydrogen-bond donors (Lipinski definition) is 0. The molecular weight excluding hydrogens is 300 g/mol. The van der Waals surface area contributed by atoms with Gasteiger partial charge >= 0.3 is 0 Å². The van der Waals surface area contributed by atoms with E-state index in [1.54, 1.807) is 12.1 Å². The summed E-state index contributed by atoms with van der Waals surface area (Å²) in [5, 5.41) is 2.44. The van der Waals surface area contributed by atoms with E-state index in [2.05, 4.69) is 5.73 Å². The van der Waals surface area contributed by atoms with E-state index in [0.717, 1.165) is 32.7 Å². The zero-order valence-electron chi connectivity index (χ0n) is 20.4. The standard InChI is InChI=1S/C25H23/c1-16-13-18(3)24(22-11-7-5-9-20(16)22)15-25-19(4)14-17(2)21-10-6-8-12-23(21)25/h5-9,11-14H,10H2,1-4H3/q+1/i3D3,4D3. The van der Waals surface area contributed by atoms with E-state index in [1.807, 2.05) is 56.7 Å². The summed E-state index contributed by atoms with van der Waals surface area (Å²) in [6.45, 7) is -0.898. The Balaban J connectivity index is 2.42. The van der Waals surface area contributed by atoms with E-state index >= 15 is 0 Å². The fraction of sp³-hybridized carbons (Fsp3) is 0.200. The minimum Gasteiger partial charge on any atom is -0.0922 e. The van der Waals surface area contributed by atoms with Gasteiger partial charge in [0.05, 0.1) is 10.4 Å². The molecule has 122 valence electrons. The summed E-state index contributed by atoms with van der Waals surface area (Å²) in [6.07, 6.45) is 14.1. The van der Waals surface area contributed by atoms with Gasteiger partial charge in [0.15, 0.2) is 0 Å². The highest BCUT2D eigenvalue weighted by atomic mass is 14.1. The molecule has 0 saturated carbocycles. The Morgan fingerprint density at radius 1 is 0.920 bits per heavy atom. The monoisotopic (exact) mass is 329 g/mol. The van der Waals surface area contributed by atoms with Crippen LogP contribution < -0.4 is 20.9 Å². The van der Waals surface area contributed by atoms with Crippen molar-refractivity contribution in [2.75, 3.05) is 0 Å². The number of allylic oxidation sites excluding steroid dienone is 4. The van der Waals surface area contributed by atoms with Crippen LogP contribution in [-0.2, 0) is 6.42 Å². The average molecular weight is 329 g/mol. The molecule has 25 heavy (non-hydrogen) atoms. The molecule has 0 heterocycles. The lowest BCUT2D eigenvalue weighted by Crippen LogP contribution is -2.37. The largest absolute Gasteiger partial charge is 0.107 e. The van der Waals surface area contributed by atoms with Crippen molar-refractivity contribution >= 4 is 17.9 Å². The lowest BCUT2D eigenvalue weighted by Gasteiger charge is -2.10. The fourth-order valence-corrected chi connectivity index (χ4v) is 3.64. The smallest absolute Gasteiger partial charge is 0.0922 e. The van der Waals surface area contributed by atoms with Gasteiger partial charge < -0.3 is 0 Å². The molecule has 0 atom stereocenters. The maximum Gasteiger partial charge on any atom is 0.107 e. The first kappa shape index (κ1) is 10.3. The molecule has 0 nitrogen and oxygen atoms in total. The van der Waals surface area contributed by atoms with Crippen molar-refractivity contribution in [2.24, 2.45) is 0 Å². The lowest BCUT2D eigenvalue weighted by atomic mass is 9.93. The highest BCUT2D eigenvalue weighted by molar-refractivity contribution is 5.56. The number of benzene rings is 2. The van der Waals surface area contributed by atoms with Crippen LogP contribution in [0.15, 0.2) is 36.4 Å². The molecule has 0 N–H and O–H groups in total. The molecule has 0 unspecified atom stereocenters. The van der Waals surface area contributed by atoms with Gasteiger partial charge in [0.1, 0.15) is 5.56 Å². The van der Waals surface area contributed by atoms with Gasteiger partial charge in [-0.05, 0) is 67.5 Å². The van der Waals surface area contributed by atoms with Crippen molar-refractivity contribution in [3.8, 4) is 0 Å². The number of rotatable bonds is 0. The van der Waals surface area contributed by atoms with Gasteiger partial charge in [-0.15, -0.1) is 0 Å². The summed E-state index contributed by atoms with van der Waals surface area (Å²) in [5.74, 6) is 0. The second-order valence-electron chi connectivity index (χ2n) is 6.59. The molecule has 0 spiro atoms. The van der Waals surface area contributed by atoms with E-state index in [0.29, 0.717) is 16.9 Å². The third-order valence-corrected chi connectivity index (χ3v) is 4.92. The summed E-state index contributed by atoms with van der Waals surface area (Å²) in [4.78, 5) is 0. The molecule has 0 saturated heterocycles. The van der Waals surface area contributed by atoms with Crippen molar-refractivity contribution in [1.82, 2.24) is 0 Å². The molecular formula is C25H23+. The van der Waals surface area contributed by atoms with Crippen LogP contribution in [0.2, 0.25) is 0 Å². The summed E-state index contributed by atoms with van der Waals surface area (Å²) >= 11 is 0. The third-order valence-electron chi connectivity index (χ3n) is 4.92. The van der Waals surface area contributed by atoms with Crippen LogP contribution in [0.3, 0.4) is 0 Å². The van der Waals surface area contributed by atoms with Crippen molar-refractivity contribution < 1.29 is 8.22 Å². The quantitative estimate of drug-likeness (QED) is 0.652. The minimum absolute atomic E-state index is 0.181. The average Bonchev–Trinajstić information content (AvgIpc) is 2.70. The Hall–Kier alpha value is -2.69. The molecule has 0 bridgehead atoms. The normalized spacial score (nSPS) is 18.5. The molecule has 0 aromatic heterocycles. The third kappa shape index (κ3) is 2.60. The van der Waals surface area contributed by atoms with Crippen LogP contribution in [0.4, 0.5) is 0 Å². The molecule has 0 radical (unpaired) electrons. The number of hydrogen-bond acceptors (Lipinski definition) is 0. The molecule has 0 amide bonds. The first-order valence-corrected chi connectivity index (χ1v) is 8.45. The van der Waals surface area contributed by atoms with Gasteiger partial charge in [0.2, 0.25) is 0 Å². The van der Waals surface area contributed by atoms with E-state index in [4.69, 9.17) is 8.22 Å². The van der Waals surface area contributed by atoms with Gasteiger partial charge in [-0.3, -0.25) is 0 Å². The SMILES string of the molecule is [2H]C([2H])([2H])c1cc(C)c2c(c1=C=c1c(C([2H])([2H])[2H])cc(C)c3c1=CC=CC3)=CC=C[CH+]2. The first-order valence-electron chi connectivity index (χ1n) is 11.4. The first-order chi connectivity index (χ1) is 14.5. The summed E-state index contributed by atoms with van der Waals surface area (Å²) < 4.78 is 48.7. The zero-order valence-corrected chi connectivity index (χ0v) is 14.4. The Labute approximate surface area is 158 Å². The maximum atomic E-state index is 8.12. The minimum atomic E-state index is -2.36. The lowest BCUT2D eigenvalue weighted by molar-refractivity contribution is 1.14. The molecule has 2 aliphatic rings. The predicted octanol–water partition coefficient (Wildman–Crippen LogP) is 2.47. The van der Waals surface area contributed by atoms with E-state index in [-0.39, 0.29) is 11.1 Å². The van der Waals surface area contributed by atoms with Gasteiger partial charge in [-0.1, -0.05) is 30.0 Å². The molecule has 0 aliphatic heterocycles. The Bertz CT molecular complexity index is 1290. The Morgan fingerprint density at radius 2 is 1.64 bits per heavy atom. The van der Waals surface area contributed by atoms with Crippen molar-refractivity contribution in [2.45, 2.75) is 34.0 Å². The van der Waals surface area contributed by atoms with Gasteiger partial charge in [0, 0.05) is 43.7 Å². The van der Waals surface area contributed by atoms with Gasteiger partial charge in [0.25, 0.3) is 0 Å². The van der Waals surface area contributed by atoms with Crippen LogP contribution in [-0.4, -0.2) is 0 Å². The number of fused-ring (bicyclic) bond motifs is 2. The zero-order chi connectivity index (χ0) is 22.6. The Morgan fingerprint density at radius 3 is 2.44 bits per heavy atom. The second kappa shape index (κ2) is 5.99. The van der Waals surface area contributed by atoms with Crippen LogP contribution >= 0.6 is 0 Å². The van der Waals surface area contributed by atoms with Gasteiger partial charge in [-0.25, -0.2) is 0 Å². The second-order valence-corrected chi connectivity index (χ2v) is 6.59. The molecule has 4 rings (SSSR count). The highest BCUT2D eigenvalue weighted by Gasteiger charge is 2.13. The fourth-order valence-electron chi connectivity index (χ4n) is 3.64.